The van der Waals surface area contributed by atoms with Gasteiger partial charge in [0.1, 0.15) is 0 Å². The lowest BCUT2D eigenvalue weighted by Crippen LogP contribution is -1.98. The van der Waals surface area contributed by atoms with Gasteiger partial charge in [-0.25, -0.2) is 4.98 Å². The second-order valence-electron chi connectivity index (χ2n) is 4.73. The van der Waals surface area contributed by atoms with Crippen molar-refractivity contribution in [1.29, 1.82) is 0 Å². The van der Waals surface area contributed by atoms with E-state index in [-0.39, 0.29) is 0 Å². The average Bonchev–Trinajstić information content (AvgIpc) is 3.01. The lowest BCUT2D eigenvalue weighted by molar-refractivity contribution is 0.323. The molecule has 0 saturated heterocycles. The van der Waals surface area contributed by atoms with Crippen LogP contribution in [-0.2, 0) is 5.75 Å². The molecule has 0 aliphatic carbocycles. The third-order valence-corrected chi connectivity index (χ3v) is 5.64. The van der Waals surface area contributed by atoms with E-state index in [9.17, 15) is 0 Å². The number of thiazole rings is 1. The van der Waals surface area contributed by atoms with Crippen molar-refractivity contribution in [2.45, 2.75) is 10.1 Å². The zero-order chi connectivity index (χ0) is 16.2. The number of rotatable bonds is 6. The highest BCUT2D eigenvalue weighted by molar-refractivity contribution is 8.00. The summed E-state index contributed by atoms with van der Waals surface area (Å²) >= 11 is 3.40. The molecule has 4 nitrogen and oxygen atoms in total. The summed E-state index contributed by atoms with van der Waals surface area (Å²) in [5, 5.41) is 0. The van der Waals surface area contributed by atoms with Gasteiger partial charge in [0.2, 0.25) is 5.75 Å². The van der Waals surface area contributed by atoms with Crippen LogP contribution in [0.5, 0.6) is 17.2 Å². The number of nitrogens with zero attached hydrogens (tertiary/aromatic N) is 1. The van der Waals surface area contributed by atoms with Crippen molar-refractivity contribution in [2.75, 3.05) is 21.3 Å². The highest BCUT2D eigenvalue weighted by Gasteiger charge is 2.16. The maximum Gasteiger partial charge on any atom is 0.203 e. The summed E-state index contributed by atoms with van der Waals surface area (Å²) in [5.41, 5.74) is 2.09. The molecule has 0 radical (unpaired) electrons. The van der Waals surface area contributed by atoms with Gasteiger partial charge in [0.05, 0.1) is 31.5 Å². The first-order valence-corrected chi connectivity index (χ1v) is 8.83. The summed E-state index contributed by atoms with van der Waals surface area (Å²) in [4.78, 5) is 4.64. The lowest BCUT2D eigenvalue weighted by atomic mass is 10.2. The van der Waals surface area contributed by atoms with Gasteiger partial charge in [0.15, 0.2) is 15.8 Å². The molecule has 120 valence electrons. The van der Waals surface area contributed by atoms with Crippen LogP contribution in [0.15, 0.2) is 40.7 Å². The molecule has 0 bridgehead atoms. The Balaban J connectivity index is 1.84. The Morgan fingerprint density at radius 2 is 1.74 bits per heavy atom. The monoisotopic (exact) mass is 347 g/mol. The second kappa shape index (κ2) is 7.10. The molecule has 0 N–H and O–H groups in total. The minimum absolute atomic E-state index is 0.623. The Morgan fingerprint density at radius 3 is 2.43 bits per heavy atom. The molecule has 0 spiro atoms. The fourth-order valence-corrected chi connectivity index (χ4v) is 4.38. The van der Waals surface area contributed by atoms with Crippen LogP contribution in [0.3, 0.4) is 0 Å². The van der Waals surface area contributed by atoms with Crippen LogP contribution >= 0.6 is 23.1 Å². The van der Waals surface area contributed by atoms with Gasteiger partial charge >= 0.3 is 0 Å². The summed E-state index contributed by atoms with van der Waals surface area (Å²) in [6, 6.07) is 12.1. The molecule has 3 rings (SSSR count). The summed E-state index contributed by atoms with van der Waals surface area (Å²) in [6.45, 7) is 0. The molecule has 23 heavy (non-hydrogen) atoms. The van der Waals surface area contributed by atoms with Gasteiger partial charge in [-0.1, -0.05) is 30.0 Å². The smallest absolute Gasteiger partial charge is 0.203 e. The minimum Gasteiger partial charge on any atom is -0.493 e. The second-order valence-corrected chi connectivity index (χ2v) is 6.98. The van der Waals surface area contributed by atoms with E-state index in [2.05, 4.69) is 11.1 Å². The third-order valence-electron chi connectivity index (χ3n) is 3.41. The first-order chi connectivity index (χ1) is 11.3. The van der Waals surface area contributed by atoms with Gasteiger partial charge in [0, 0.05) is 11.3 Å². The van der Waals surface area contributed by atoms with Crippen LogP contribution in [0.4, 0.5) is 0 Å². The standard InChI is InChI=1S/C17H17NO3S2/c1-19-13-9-8-11(15(20-2)16(13)21-3)10-22-17-18-12-6-4-5-7-14(12)23-17/h4-9H,10H2,1-3H3. The number of benzene rings is 2. The van der Waals surface area contributed by atoms with E-state index in [4.69, 9.17) is 14.2 Å². The Morgan fingerprint density at radius 1 is 0.957 bits per heavy atom. The van der Waals surface area contributed by atoms with E-state index in [1.165, 1.54) is 4.70 Å². The van der Waals surface area contributed by atoms with Crippen molar-refractivity contribution in [3.05, 3.63) is 42.0 Å². The first-order valence-electron chi connectivity index (χ1n) is 7.03. The number of ether oxygens (including phenoxy) is 3. The number of hydrogen-bond acceptors (Lipinski definition) is 6. The van der Waals surface area contributed by atoms with Gasteiger partial charge in [-0.3, -0.25) is 0 Å². The average molecular weight is 347 g/mol. The number of para-hydroxylation sites is 1. The molecular weight excluding hydrogens is 330 g/mol. The van der Waals surface area contributed by atoms with Crippen LogP contribution in [0.1, 0.15) is 5.56 Å². The van der Waals surface area contributed by atoms with Gasteiger partial charge < -0.3 is 14.2 Å². The number of aromatic nitrogens is 1. The van der Waals surface area contributed by atoms with Crippen molar-refractivity contribution in [2.24, 2.45) is 0 Å². The van der Waals surface area contributed by atoms with Gasteiger partial charge in [-0.05, 0) is 18.2 Å². The topological polar surface area (TPSA) is 40.6 Å². The zero-order valence-electron chi connectivity index (χ0n) is 13.2. The highest BCUT2D eigenvalue weighted by Crippen LogP contribution is 2.42. The molecule has 0 aliphatic heterocycles. The Bertz CT molecular complexity index is 784. The van der Waals surface area contributed by atoms with Crippen LogP contribution in [0.25, 0.3) is 10.2 Å². The molecule has 0 unspecified atom stereocenters. The molecule has 0 atom stereocenters. The van der Waals surface area contributed by atoms with Crippen LogP contribution in [-0.4, -0.2) is 26.3 Å². The van der Waals surface area contributed by atoms with Crippen LogP contribution in [0, 0.1) is 0 Å². The fraction of sp³-hybridized carbons (Fsp3) is 0.235. The third kappa shape index (κ3) is 3.23. The molecule has 0 saturated carbocycles. The van der Waals surface area contributed by atoms with E-state index in [0.717, 1.165) is 21.2 Å². The van der Waals surface area contributed by atoms with E-state index in [1.807, 2.05) is 30.3 Å². The highest BCUT2D eigenvalue weighted by atomic mass is 32.2. The molecule has 3 aromatic rings. The minimum atomic E-state index is 0.623. The predicted molar refractivity (Wildman–Crippen MR) is 95.3 cm³/mol. The number of hydrogen-bond donors (Lipinski definition) is 0. The number of thioether (sulfide) groups is 1. The summed E-state index contributed by atoms with van der Waals surface area (Å²) in [7, 11) is 4.88. The molecule has 1 aromatic heterocycles. The van der Waals surface area contributed by atoms with Gasteiger partial charge in [-0.15, -0.1) is 11.3 Å². The molecule has 0 aliphatic rings. The fourth-order valence-electron chi connectivity index (χ4n) is 2.33. The van der Waals surface area contributed by atoms with E-state index in [0.29, 0.717) is 17.2 Å². The van der Waals surface area contributed by atoms with E-state index >= 15 is 0 Å². The number of methoxy groups -OCH3 is 3. The Hall–Kier alpha value is -1.92. The number of fused-ring (bicyclic) bond motifs is 1. The largest absolute Gasteiger partial charge is 0.493 e. The predicted octanol–water partition coefficient (Wildman–Crippen LogP) is 4.61. The van der Waals surface area contributed by atoms with Crippen molar-refractivity contribution in [3.8, 4) is 17.2 Å². The Kier molecular flexibility index (Phi) is 4.93. The summed E-state index contributed by atoms with van der Waals surface area (Å²) in [6.07, 6.45) is 0. The quantitative estimate of drug-likeness (QED) is 0.609. The normalized spacial score (nSPS) is 10.7. The summed E-state index contributed by atoms with van der Waals surface area (Å²) in [5.74, 6) is 2.75. The van der Waals surface area contributed by atoms with E-state index in [1.54, 1.807) is 44.4 Å². The summed E-state index contributed by atoms with van der Waals surface area (Å²) < 4.78 is 18.5. The van der Waals surface area contributed by atoms with Crippen molar-refractivity contribution < 1.29 is 14.2 Å². The maximum atomic E-state index is 5.52. The van der Waals surface area contributed by atoms with Gasteiger partial charge in [-0.2, -0.15) is 0 Å². The SMILES string of the molecule is COc1ccc(CSc2nc3ccccc3s2)c(OC)c1OC. The first kappa shape index (κ1) is 16.0. The molecule has 0 amide bonds. The van der Waals surface area contributed by atoms with Crippen LogP contribution < -0.4 is 14.2 Å². The van der Waals surface area contributed by atoms with Crippen LogP contribution in [0.2, 0.25) is 0 Å². The molecule has 1 heterocycles. The van der Waals surface area contributed by atoms with Crippen molar-refractivity contribution >= 4 is 33.3 Å². The zero-order valence-corrected chi connectivity index (χ0v) is 14.8. The van der Waals surface area contributed by atoms with Crippen molar-refractivity contribution in [3.63, 3.8) is 0 Å². The molecule has 2 aromatic carbocycles. The molecule has 6 heteroatoms. The molecular formula is C17H17NO3S2. The maximum absolute atomic E-state index is 5.52. The molecule has 0 fully saturated rings. The lowest BCUT2D eigenvalue weighted by Gasteiger charge is -2.15. The Labute approximate surface area is 143 Å². The van der Waals surface area contributed by atoms with Crippen molar-refractivity contribution in [1.82, 2.24) is 4.98 Å². The van der Waals surface area contributed by atoms with Gasteiger partial charge in [0.25, 0.3) is 0 Å². The van der Waals surface area contributed by atoms with E-state index < -0.39 is 0 Å².